The number of aliphatic hydroxyl groups is 1. The maximum atomic E-state index is 10.8. The van der Waals surface area contributed by atoms with E-state index >= 15 is 0 Å². The molecule has 0 heterocycles. The van der Waals surface area contributed by atoms with E-state index in [0.29, 0.717) is 23.7 Å². The number of methoxy groups -OCH3 is 1. The first kappa shape index (κ1) is 17.2. The van der Waals surface area contributed by atoms with Gasteiger partial charge in [0.25, 0.3) is 5.69 Å². The minimum Gasteiger partial charge on any atom is -0.497 e. The maximum Gasteiger partial charge on any atom is 0.269 e. The fourth-order valence-electron chi connectivity index (χ4n) is 2.10. The van der Waals surface area contributed by atoms with Crippen LogP contribution in [0.25, 0.3) is 0 Å². The number of ether oxygens (including phenoxy) is 1. The molecule has 2 aromatic rings. The molecule has 1 atom stereocenters. The summed E-state index contributed by atoms with van der Waals surface area (Å²) in [7, 11) is 1.58. The molecule has 122 valence electrons. The Hall–Kier alpha value is -2.15. The summed E-state index contributed by atoms with van der Waals surface area (Å²) in [6.45, 7) is 0.624. The number of halogens is 1. The molecule has 6 nitrogen and oxygen atoms in total. The molecule has 7 heteroatoms. The third-order valence-corrected chi connectivity index (χ3v) is 3.76. The number of rotatable bonds is 7. The smallest absolute Gasteiger partial charge is 0.269 e. The number of hydrogen-bond donors (Lipinski definition) is 2. The Morgan fingerprint density at radius 1 is 1.30 bits per heavy atom. The van der Waals surface area contributed by atoms with Gasteiger partial charge >= 0.3 is 0 Å². The molecule has 1 unspecified atom stereocenters. The van der Waals surface area contributed by atoms with Gasteiger partial charge < -0.3 is 15.2 Å². The first-order valence-corrected chi connectivity index (χ1v) is 7.34. The highest BCUT2D eigenvalue weighted by molar-refractivity contribution is 6.31. The molecule has 0 aliphatic carbocycles. The van der Waals surface area contributed by atoms with Crippen LogP contribution in [0.3, 0.4) is 0 Å². The fraction of sp³-hybridized carbons (Fsp3) is 0.250. The molecule has 0 fully saturated rings. The first-order valence-electron chi connectivity index (χ1n) is 6.97. The van der Waals surface area contributed by atoms with E-state index in [2.05, 4.69) is 5.32 Å². The van der Waals surface area contributed by atoms with Crippen LogP contribution in [0.5, 0.6) is 5.75 Å². The van der Waals surface area contributed by atoms with Gasteiger partial charge in [0, 0.05) is 30.2 Å². The van der Waals surface area contributed by atoms with Crippen molar-refractivity contribution < 1.29 is 14.8 Å². The number of non-ortho nitro benzene ring substituents is 1. The van der Waals surface area contributed by atoms with Crippen molar-refractivity contribution in [1.29, 1.82) is 0 Å². The Morgan fingerprint density at radius 2 is 2.00 bits per heavy atom. The summed E-state index contributed by atoms with van der Waals surface area (Å²) in [5.41, 5.74) is 1.35. The predicted octanol–water partition coefficient (Wildman–Crippen LogP) is 3.08. The van der Waals surface area contributed by atoms with Crippen LogP contribution in [0.15, 0.2) is 42.5 Å². The van der Waals surface area contributed by atoms with Crippen molar-refractivity contribution in [2.75, 3.05) is 13.7 Å². The van der Waals surface area contributed by atoms with Crippen LogP contribution in [-0.2, 0) is 6.54 Å². The van der Waals surface area contributed by atoms with Gasteiger partial charge in [0.1, 0.15) is 5.75 Å². The van der Waals surface area contributed by atoms with Crippen molar-refractivity contribution in [3.63, 3.8) is 0 Å². The first-order chi connectivity index (χ1) is 11.0. The lowest BCUT2D eigenvalue weighted by atomic mass is 10.1. The van der Waals surface area contributed by atoms with Crippen molar-refractivity contribution in [2.45, 2.75) is 12.6 Å². The lowest BCUT2D eigenvalue weighted by Crippen LogP contribution is -2.21. The van der Waals surface area contributed by atoms with Crippen LogP contribution in [0.1, 0.15) is 17.2 Å². The van der Waals surface area contributed by atoms with Gasteiger partial charge in [-0.1, -0.05) is 23.7 Å². The number of nitro groups is 1. The highest BCUT2D eigenvalue weighted by atomic mass is 35.5. The lowest BCUT2D eigenvalue weighted by molar-refractivity contribution is -0.384. The molecule has 2 rings (SSSR count). The molecular formula is C16H17ClN2O4. The summed E-state index contributed by atoms with van der Waals surface area (Å²) in [6, 6.07) is 11.4. The van der Waals surface area contributed by atoms with Gasteiger partial charge in [0.2, 0.25) is 0 Å². The summed E-state index contributed by atoms with van der Waals surface area (Å²) >= 11 is 6.03. The highest BCUT2D eigenvalue weighted by Crippen LogP contribution is 2.22. The number of hydrogen-bond acceptors (Lipinski definition) is 5. The van der Waals surface area contributed by atoms with E-state index in [4.69, 9.17) is 16.3 Å². The second-order valence-electron chi connectivity index (χ2n) is 4.95. The third-order valence-electron chi connectivity index (χ3n) is 3.39. The molecule has 23 heavy (non-hydrogen) atoms. The van der Waals surface area contributed by atoms with Gasteiger partial charge in [-0.05, 0) is 29.3 Å². The maximum absolute atomic E-state index is 10.8. The van der Waals surface area contributed by atoms with Crippen LogP contribution >= 0.6 is 11.6 Å². The largest absolute Gasteiger partial charge is 0.497 e. The Bertz CT molecular complexity index is 676. The fourth-order valence-corrected chi connectivity index (χ4v) is 2.28. The second-order valence-corrected chi connectivity index (χ2v) is 5.36. The Kier molecular flexibility index (Phi) is 5.92. The van der Waals surface area contributed by atoms with E-state index in [1.54, 1.807) is 31.4 Å². The van der Waals surface area contributed by atoms with Gasteiger partial charge in [-0.3, -0.25) is 10.1 Å². The van der Waals surface area contributed by atoms with E-state index in [1.807, 2.05) is 0 Å². The van der Waals surface area contributed by atoms with Gasteiger partial charge in [0.15, 0.2) is 0 Å². The summed E-state index contributed by atoms with van der Waals surface area (Å²) in [6.07, 6.45) is -0.696. The lowest BCUT2D eigenvalue weighted by Gasteiger charge is -2.13. The van der Waals surface area contributed by atoms with Crippen molar-refractivity contribution in [1.82, 2.24) is 5.32 Å². The topological polar surface area (TPSA) is 84.6 Å². The van der Waals surface area contributed by atoms with E-state index in [9.17, 15) is 15.2 Å². The molecule has 0 spiro atoms. The number of nitrogens with one attached hydrogen (secondary N) is 1. The van der Waals surface area contributed by atoms with E-state index in [1.165, 1.54) is 18.2 Å². The zero-order valence-corrected chi connectivity index (χ0v) is 13.3. The molecule has 0 aromatic heterocycles. The van der Waals surface area contributed by atoms with Gasteiger partial charge in [-0.15, -0.1) is 0 Å². The molecule has 0 radical (unpaired) electrons. The molecule has 0 amide bonds. The number of aliphatic hydroxyl groups excluding tert-OH is 1. The second kappa shape index (κ2) is 7.92. The zero-order chi connectivity index (χ0) is 16.8. The van der Waals surface area contributed by atoms with Crippen molar-refractivity contribution in [2.24, 2.45) is 0 Å². The van der Waals surface area contributed by atoms with Crippen molar-refractivity contribution in [3.8, 4) is 5.75 Å². The molecular weight excluding hydrogens is 320 g/mol. The predicted molar refractivity (Wildman–Crippen MR) is 87.8 cm³/mol. The minimum absolute atomic E-state index is 0.0121. The van der Waals surface area contributed by atoms with E-state index in [0.717, 1.165) is 11.3 Å². The Labute approximate surface area is 138 Å². The highest BCUT2D eigenvalue weighted by Gasteiger charge is 2.11. The molecule has 0 aliphatic rings. The number of nitro benzene ring substituents is 1. The van der Waals surface area contributed by atoms with E-state index < -0.39 is 11.0 Å². The molecule has 2 aromatic carbocycles. The molecule has 0 saturated heterocycles. The normalized spacial score (nSPS) is 12.0. The summed E-state index contributed by atoms with van der Waals surface area (Å²) < 4.78 is 5.06. The summed E-state index contributed by atoms with van der Waals surface area (Å²) in [5.74, 6) is 0.720. The van der Waals surface area contributed by atoms with E-state index in [-0.39, 0.29) is 5.69 Å². The van der Waals surface area contributed by atoms with Gasteiger partial charge in [-0.2, -0.15) is 0 Å². The van der Waals surface area contributed by atoms with Gasteiger partial charge in [-0.25, -0.2) is 0 Å². The van der Waals surface area contributed by atoms with Crippen molar-refractivity contribution >= 4 is 17.3 Å². The standard InChI is InChI=1S/C16H17ClN2O4/c1-23-14-5-2-11(3-6-14)16(20)10-18-9-12-8-13(19(21)22)4-7-15(12)17/h2-8,16,18,20H,9-10H2,1H3. The third kappa shape index (κ3) is 4.66. The van der Waals surface area contributed by atoms with Gasteiger partial charge in [0.05, 0.1) is 18.1 Å². The zero-order valence-electron chi connectivity index (χ0n) is 12.5. The summed E-state index contributed by atoms with van der Waals surface area (Å²) in [5, 5.41) is 24.4. The van der Waals surface area contributed by atoms with Crippen LogP contribution in [0, 0.1) is 10.1 Å². The summed E-state index contributed by atoms with van der Waals surface area (Å²) in [4.78, 5) is 10.3. The quantitative estimate of drug-likeness (QED) is 0.599. The van der Waals surface area contributed by atoms with Crippen LogP contribution in [0.4, 0.5) is 5.69 Å². The number of benzene rings is 2. The van der Waals surface area contributed by atoms with Crippen LogP contribution < -0.4 is 10.1 Å². The molecule has 0 saturated carbocycles. The monoisotopic (exact) mass is 336 g/mol. The molecule has 2 N–H and O–H groups in total. The average Bonchev–Trinajstić information content (AvgIpc) is 2.56. The Morgan fingerprint density at radius 3 is 2.61 bits per heavy atom. The minimum atomic E-state index is -0.696. The van der Waals surface area contributed by atoms with Crippen LogP contribution in [-0.4, -0.2) is 23.7 Å². The number of nitrogens with zero attached hydrogens (tertiary/aromatic N) is 1. The SMILES string of the molecule is COc1ccc(C(O)CNCc2cc([N+](=O)[O-])ccc2Cl)cc1. The average molecular weight is 337 g/mol. The van der Waals surface area contributed by atoms with Crippen molar-refractivity contribution in [3.05, 3.63) is 68.7 Å². The molecule has 0 bridgehead atoms. The Balaban J connectivity index is 1.93. The van der Waals surface area contributed by atoms with Crippen LogP contribution in [0.2, 0.25) is 5.02 Å². The molecule has 0 aliphatic heterocycles.